The van der Waals surface area contributed by atoms with Crippen molar-refractivity contribution in [2.75, 3.05) is 6.54 Å². The van der Waals surface area contributed by atoms with Crippen LogP contribution < -0.4 is 5.32 Å². The molecule has 0 amide bonds. The molecule has 1 aromatic rings. The molecule has 1 aromatic carbocycles. The van der Waals surface area contributed by atoms with Crippen molar-refractivity contribution in [2.24, 2.45) is 0 Å². The molecule has 0 bridgehead atoms. The summed E-state index contributed by atoms with van der Waals surface area (Å²) in [4.78, 5) is 0. The summed E-state index contributed by atoms with van der Waals surface area (Å²) in [7, 11) is 0. The molecule has 0 atom stereocenters. The van der Waals surface area contributed by atoms with Gasteiger partial charge in [-0.2, -0.15) is 0 Å². The van der Waals surface area contributed by atoms with Crippen molar-refractivity contribution >= 4 is 6.08 Å². The van der Waals surface area contributed by atoms with Crippen molar-refractivity contribution < 1.29 is 8.78 Å². The van der Waals surface area contributed by atoms with Crippen molar-refractivity contribution in [1.82, 2.24) is 5.32 Å². The second-order valence-electron chi connectivity index (χ2n) is 4.29. The topological polar surface area (TPSA) is 12.0 Å². The van der Waals surface area contributed by atoms with Crippen LogP contribution in [0.2, 0.25) is 0 Å². The highest BCUT2D eigenvalue weighted by Gasteiger charge is 2.19. The first-order chi connectivity index (χ1) is 7.66. The molecule has 0 saturated heterocycles. The fourth-order valence-electron chi connectivity index (χ4n) is 1.54. The zero-order chi connectivity index (χ0) is 11.5. The Bertz CT molecular complexity index is 408. The third-order valence-corrected chi connectivity index (χ3v) is 2.63. The van der Waals surface area contributed by atoms with Crippen LogP contribution in [0.15, 0.2) is 23.8 Å². The lowest BCUT2D eigenvalue weighted by Crippen LogP contribution is -2.18. The van der Waals surface area contributed by atoms with E-state index >= 15 is 0 Å². The van der Waals surface area contributed by atoms with Gasteiger partial charge in [-0.15, -0.1) is 0 Å². The Morgan fingerprint density at radius 3 is 2.88 bits per heavy atom. The van der Waals surface area contributed by atoms with E-state index in [1.165, 1.54) is 18.9 Å². The minimum atomic E-state index is -0.795. The maximum Gasteiger partial charge on any atom is 0.166 e. The number of benzene rings is 1. The van der Waals surface area contributed by atoms with Gasteiger partial charge in [-0.25, -0.2) is 8.78 Å². The number of hydrogen-bond donors (Lipinski definition) is 1. The average molecular weight is 223 g/mol. The van der Waals surface area contributed by atoms with Gasteiger partial charge < -0.3 is 5.32 Å². The van der Waals surface area contributed by atoms with Crippen LogP contribution in [0.1, 0.15) is 25.3 Å². The average Bonchev–Trinajstić information content (AvgIpc) is 3.06. The summed E-state index contributed by atoms with van der Waals surface area (Å²) < 4.78 is 26.3. The predicted molar refractivity (Wildman–Crippen MR) is 61.0 cm³/mol. The first kappa shape index (κ1) is 11.3. The Morgan fingerprint density at radius 1 is 1.44 bits per heavy atom. The lowest BCUT2D eigenvalue weighted by Gasteiger charge is -2.04. The third kappa shape index (κ3) is 2.89. The van der Waals surface area contributed by atoms with Crippen LogP contribution in [0.4, 0.5) is 8.78 Å². The summed E-state index contributed by atoms with van der Waals surface area (Å²) >= 11 is 0. The molecule has 1 saturated carbocycles. The standard InChI is InChI=1S/C13H15F2N/c1-9(8-16-11-5-6-11)7-10-3-2-4-12(14)13(10)15/h2-4,7,11,16H,5-6,8H2,1H3. The Hall–Kier alpha value is -1.22. The van der Waals surface area contributed by atoms with E-state index in [4.69, 9.17) is 0 Å². The monoisotopic (exact) mass is 223 g/mol. The largest absolute Gasteiger partial charge is 0.310 e. The van der Waals surface area contributed by atoms with E-state index in [9.17, 15) is 8.78 Å². The van der Waals surface area contributed by atoms with E-state index in [1.54, 1.807) is 12.1 Å². The molecule has 0 aromatic heterocycles. The fourth-order valence-corrected chi connectivity index (χ4v) is 1.54. The number of rotatable bonds is 4. The van der Waals surface area contributed by atoms with E-state index in [0.29, 0.717) is 11.6 Å². The molecule has 0 spiro atoms. The van der Waals surface area contributed by atoms with E-state index in [1.807, 2.05) is 6.92 Å². The van der Waals surface area contributed by atoms with Crippen LogP contribution in [0.3, 0.4) is 0 Å². The van der Waals surface area contributed by atoms with Gasteiger partial charge in [0.05, 0.1) is 0 Å². The first-order valence-electron chi connectivity index (χ1n) is 5.51. The molecule has 0 radical (unpaired) electrons. The van der Waals surface area contributed by atoms with Crippen molar-refractivity contribution in [2.45, 2.75) is 25.8 Å². The molecule has 0 aliphatic heterocycles. The van der Waals surface area contributed by atoms with Gasteiger partial charge in [0, 0.05) is 18.2 Å². The van der Waals surface area contributed by atoms with E-state index in [0.717, 1.165) is 18.2 Å². The molecule has 2 rings (SSSR count). The Balaban J connectivity index is 2.04. The lowest BCUT2D eigenvalue weighted by molar-refractivity contribution is 0.507. The predicted octanol–water partition coefficient (Wildman–Crippen LogP) is 3.12. The molecule has 0 unspecified atom stereocenters. The highest BCUT2D eigenvalue weighted by molar-refractivity contribution is 5.53. The highest BCUT2D eigenvalue weighted by Crippen LogP contribution is 2.19. The Morgan fingerprint density at radius 2 is 2.19 bits per heavy atom. The van der Waals surface area contributed by atoms with Gasteiger partial charge in [-0.3, -0.25) is 0 Å². The third-order valence-electron chi connectivity index (χ3n) is 2.63. The summed E-state index contributed by atoms with van der Waals surface area (Å²) in [5, 5.41) is 3.33. The van der Waals surface area contributed by atoms with E-state index in [-0.39, 0.29) is 0 Å². The van der Waals surface area contributed by atoms with Crippen LogP contribution in [0.25, 0.3) is 6.08 Å². The smallest absolute Gasteiger partial charge is 0.166 e. The van der Waals surface area contributed by atoms with Crippen molar-refractivity contribution in [3.63, 3.8) is 0 Å². The molecule has 86 valence electrons. The zero-order valence-electron chi connectivity index (χ0n) is 9.26. The second-order valence-corrected chi connectivity index (χ2v) is 4.29. The fraction of sp³-hybridized carbons (Fsp3) is 0.385. The second kappa shape index (κ2) is 4.74. The molecule has 16 heavy (non-hydrogen) atoms. The zero-order valence-corrected chi connectivity index (χ0v) is 9.26. The van der Waals surface area contributed by atoms with E-state index in [2.05, 4.69) is 5.32 Å². The molecular weight excluding hydrogens is 208 g/mol. The maximum absolute atomic E-state index is 13.3. The molecule has 0 heterocycles. The van der Waals surface area contributed by atoms with Crippen LogP contribution in [-0.2, 0) is 0 Å². The molecular formula is C13H15F2N. The molecule has 1 aliphatic carbocycles. The Kier molecular flexibility index (Phi) is 3.34. The summed E-state index contributed by atoms with van der Waals surface area (Å²) in [6, 6.07) is 4.86. The van der Waals surface area contributed by atoms with Gasteiger partial charge in [0.2, 0.25) is 0 Å². The summed E-state index contributed by atoms with van der Waals surface area (Å²) in [5.41, 5.74) is 1.33. The Labute approximate surface area is 94.2 Å². The minimum Gasteiger partial charge on any atom is -0.310 e. The molecule has 1 nitrogen and oxygen atoms in total. The minimum absolute atomic E-state index is 0.315. The van der Waals surface area contributed by atoms with Gasteiger partial charge in [-0.1, -0.05) is 23.8 Å². The normalized spacial score (nSPS) is 16.6. The summed E-state index contributed by atoms with van der Waals surface area (Å²) in [6.45, 7) is 2.65. The van der Waals surface area contributed by atoms with Gasteiger partial charge in [0.1, 0.15) is 0 Å². The van der Waals surface area contributed by atoms with Gasteiger partial charge in [0.15, 0.2) is 11.6 Å². The van der Waals surface area contributed by atoms with Gasteiger partial charge >= 0.3 is 0 Å². The molecule has 1 aliphatic rings. The van der Waals surface area contributed by atoms with Gasteiger partial charge in [0.25, 0.3) is 0 Å². The van der Waals surface area contributed by atoms with Crippen LogP contribution in [0, 0.1) is 11.6 Å². The first-order valence-corrected chi connectivity index (χ1v) is 5.51. The molecule has 3 heteroatoms. The van der Waals surface area contributed by atoms with Crippen LogP contribution in [0.5, 0.6) is 0 Å². The molecule has 1 N–H and O–H groups in total. The highest BCUT2D eigenvalue weighted by atomic mass is 19.2. The van der Waals surface area contributed by atoms with Gasteiger partial charge in [-0.05, 0) is 25.8 Å². The summed E-state index contributed by atoms with van der Waals surface area (Å²) in [5.74, 6) is -1.56. The number of hydrogen-bond acceptors (Lipinski definition) is 1. The lowest BCUT2D eigenvalue weighted by atomic mass is 10.1. The maximum atomic E-state index is 13.3. The number of nitrogens with one attached hydrogen (secondary N) is 1. The quantitative estimate of drug-likeness (QED) is 0.827. The van der Waals surface area contributed by atoms with Crippen LogP contribution in [-0.4, -0.2) is 12.6 Å². The number of halogens is 2. The summed E-state index contributed by atoms with van der Waals surface area (Å²) in [6.07, 6.45) is 4.14. The van der Waals surface area contributed by atoms with Crippen molar-refractivity contribution in [3.05, 3.63) is 41.0 Å². The molecule has 1 fully saturated rings. The SMILES string of the molecule is CC(=Cc1cccc(F)c1F)CNC1CC1. The van der Waals surface area contributed by atoms with Crippen LogP contribution >= 0.6 is 0 Å². The van der Waals surface area contributed by atoms with E-state index < -0.39 is 11.6 Å². The van der Waals surface area contributed by atoms with Crippen molar-refractivity contribution in [1.29, 1.82) is 0 Å². The van der Waals surface area contributed by atoms with Crippen molar-refractivity contribution in [3.8, 4) is 0 Å².